The normalized spacial score (nSPS) is 22.3. The maximum absolute atomic E-state index is 6.25. The van der Waals surface area contributed by atoms with E-state index in [1.807, 2.05) is 0 Å². The first-order valence-corrected chi connectivity index (χ1v) is 13.9. The van der Waals surface area contributed by atoms with Crippen molar-refractivity contribution in [3.05, 3.63) is 22.3 Å². The van der Waals surface area contributed by atoms with Crippen LogP contribution in [-0.4, -0.2) is 10.5 Å². The third kappa shape index (κ3) is 1.59. The molecule has 0 aromatic rings. The van der Waals surface area contributed by atoms with Gasteiger partial charge in [0.1, 0.15) is 0 Å². The van der Waals surface area contributed by atoms with Crippen molar-refractivity contribution in [2.24, 2.45) is 0 Å². The van der Waals surface area contributed by atoms with Gasteiger partial charge in [0.05, 0.1) is 0 Å². The first kappa shape index (κ1) is 13.0. The topological polar surface area (TPSA) is 0 Å². The predicted octanol–water partition coefficient (Wildman–Crippen LogP) is 5.09. The van der Waals surface area contributed by atoms with Gasteiger partial charge in [0.15, 0.2) is 0 Å². The summed E-state index contributed by atoms with van der Waals surface area (Å²) in [4.78, 5) is 0. The Hall–Kier alpha value is 0.893. The Morgan fingerprint density at radius 2 is 1.14 bits per heavy atom. The summed E-state index contributed by atoms with van der Waals surface area (Å²) in [6, 6.07) is 0. The average Bonchev–Trinajstić information content (AvgIpc) is 2.21. The van der Waals surface area contributed by atoms with Crippen LogP contribution in [0.1, 0.15) is 34.6 Å². The molecule has 0 radical (unpaired) electrons. The van der Waals surface area contributed by atoms with Gasteiger partial charge >= 0.3 is 102 Å². The van der Waals surface area contributed by atoms with E-state index in [0.717, 1.165) is 0 Å². The molecule has 80 valence electrons. The van der Waals surface area contributed by atoms with E-state index in [-0.39, 0.29) is 4.25 Å². The summed E-state index contributed by atoms with van der Waals surface area (Å²) in [6.45, 7) is 10.5. The van der Waals surface area contributed by atoms with Crippen molar-refractivity contribution in [2.75, 3.05) is 0 Å². The van der Waals surface area contributed by atoms with Crippen LogP contribution in [0.4, 0.5) is 0 Å². The van der Waals surface area contributed by atoms with Crippen LogP contribution in [0.2, 0.25) is 4.25 Å². The maximum atomic E-state index is 6.25. The van der Waals surface area contributed by atoms with E-state index in [9.17, 15) is 0 Å². The summed E-state index contributed by atoms with van der Waals surface area (Å²) in [5, 5.41) is 0. The quantitative estimate of drug-likeness (QED) is 0.592. The molecule has 1 aliphatic rings. The molecule has 0 aromatic carbocycles. The van der Waals surface area contributed by atoms with E-state index in [2.05, 4.69) is 34.6 Å². The zero-order chi connectivity index (χ0) is 11.3. The monoisotopic (exact) mass is 314 g/mol. The van der Waals surface area contributed by atoms with Gasteiger partial charge in [-0.2, -0.15) is 0 Å². The molecule has 0 aliphatic heterocycles. The van der Waals surface area contributed by atoms with Crippen LogP contribution in [0.5, 0.6) is 0 Å². The average molecular weight is 314 g/mol. The number of hydrogen-bond acceptors (Lipinski definition) is 0. The van der Waals surface area contributed by atoms with Crippen LogP contribution >= 0.6 is 30.0 Å². The van der Waals surface area contributed by atoms with Gasteiger partial charge in [-0.05, 0) is 0 Å². The number of rotatable bonds is 1. The van der Waals surface area contributed by atoms with Crippen LogP contribution in [0.3, 0.4) is 0 Å². The minimum absolute atomic E-state index is 0.265. The van der Waals surface area contributed by atoms with Gasteiger partial charge < -0.3 is 0 Å². The SMILES string of the molecule is CC1=C(C)[C](C)([Ge]([Cl])([Cl])[Cl])C(C)=C1C. The molecule has 0 N–H and O–H groups in total. The molecule has 4 heteroatoms. The van der Waals surface area contributed by atoms with E-state index in [0.29, 0.717) is 0 Å². The predicted molar refractivity (Wildman–Crippen MR) is 68.4 cm³/mol. The summed E-state index contributed by atoms with van der Waals surface area (Å²) in [5.74, 6) is 0. The van der Waals surface area contributed by atoms with Gasteiger partial charge in [-0.1, -0.05) is 0 Å². The summed E-state index contributed by atoms with van der Waals surface area (Å²) in [6.07, 6.45) is 0. The third-order valence-electron chi connectivity index (χ3n) is 3.75. The molecule has 0 aromatic heterocycles. The van der Waals surface area contributed by atoms with Crippen LogP contribution in [0.15, 0.2) is 22.3 Å². The van der Waals surface area contributed by atoms with Crippen molar-refractivity contribution in [3.8, 4) is 0 Å². The molecule has 0 amide bonds. The Kier molecular flexibility index (Phi) is 3.45. The van der Waals surface area contributed by atoms with E-state index in [1.54, 1.807) is 0 Å². The third-order valence-corrected chi connectivity index (χ3v) is 13.6. The van der Waals surface area contributed by atoms with Gasteiger partial charge in [-0.3, -0.25) is 0 Å². The van der Waals surface area contributed by atoms with Crippen molar-refractivity contribution in [2.45, 2.75) is 38.9 Å². The first-order valence-electron chi connectivity index (χ1n) is 4.57. The van der Waals surface area contributed by atoms with E-state index in [1.165, 1.54) is 22.3 Å². The fourth-order valence-electron chi connectivity index (χ4n) is 2.02. The Balaban J connectivity index is 3.42. The first-order chi connectivity index (χ1) is 6.14. The molecule has 0 heterocycles. The number of halogens is 3. The number of hydrogen-bond donors (Lipinski definition) is 0. The van der Waals surface area contributed by atoms with Crippen LogP contribution < -0.4 is 0 Å². The van der Waals surface area contributed by atoms with Crippen molar-refractivity contribution in [3.63, 3.8) is 0 Å². The fraction of sp³-hybridized carbons (Fsp3) is 0.600. The molecule has 0 saturated carbocycles. The summed E-state index contributed by atoms with van der Waals surface area (Å²) in [5.41, 5.74) is 5.07. The van der Waals surface area contributed by atoms with Crippen molar-refractivity contribution in [1.82, 2.24) is 0 Å². The molecule has 0 atom stereocenters. The van der Waals surface area contributed by atoms with Crippen molar-refractivity contribution < 1.29 is 0 Å². The minimum atomic E-state index is -3.28. The second-order valence-corrected chi connectivity index (χ2v) is 20.2. The molecule has 1 aliphatic carbocycles. The molecule has 14 heavy (non-hydrogen) atoms. The molecule has 0 bridgehead atoms. The Morgan fingerprint density at radius 3 is 1.29 bits per heavy atom. The van der Waals surface area contributed by atoms with Gasteiger partial charge in [-0.25, -0.2) is 0 Å². The molecular formula is C10H15Cl3Ge. The molecule has 0 saturated heterocycles. The summed E-state index contributed by atoms with van der Waals surface area (Å²) >= 11 is 0. The zero-order valence-corrected chi connectivity index (χ0v) is 13.5. The van der Waals surface area contributed by atoms with E-state index < -0.39 is 10.5 Å². The molecule has 0 spiro atoms. The van der Waals surface area contributed by atoms with Crippen molar-refractivity contribution in [1.29, 1.82) is 0 Å². The summed E-state index contributed by atoms with van der Waals surface area (Å²) < 4.78 is -0.265. The Morgan fingerprint density at radius 1 is 0.857 bits per heavy atom. The van der Waals surface area contributed by atoms with Crippen molar-refractivity contribution >= 4 is 40.5 Å². The zero-order valence-electron chi connectivity index (χ0n) is 9.13. The Labute approximate surface area is 101 Å². The molecule has 1 rings (SSSR count). The molecular weight excluding hydrogens is 299 g/mol. The van der Waals surface area contributed by atoms with Gasteiger partial charge in [0.2, 0.25) is 0 Å². The van der Waals surface area contributed by atoms with Crippen LogP contribution in [0, 0.1) is 0 Å². The van der Waals surface area contributed by atoms with Gasteiger partial charge in [0, 0.05) is 0 Å². The van der Waals surface area contributed by atoms with Gasteiger partial charge in [-0.15, -0.1) is 0 Å². The fourth-order valence-corrected chi connectivity index (χ4v) is 9.01. The number of allylic oxidation sites excluding steroid dienone is 4. The van der Waals surface area contributed by atoms with Gasteiger partial charge in [0.25, 0.3) is 0 Å². The summed E-state index contributed by atoms with van der Waals surface area (Å²) in [7, 11) is 15.5. The van der Waals surface area contributed by atoms with E-state index in [4.69, 9.17) is 30.0 Å². The standard InChI is InChI=1S/C10H15Cl3Ge/c1-6-7(2)9(4)10(5,8(6)3)14(11,12)13/h1-5H3. The molecule has 0 nitrogen and oxygen atoms in total. The van der Waals surface area contributed by atoms with Crippen LogP contribution in [-0.2, 0) is 0 Å². The molecule has 0 fully saturated rings. The second kappa shape index (κ2) is 3.73. The molecule has 0 unspecified atom stereocenters. The second-order valence-electron chi connectivity index (χ2n) is 4.12. The van der Waals surface area contributed by atoms with E-state index >= 15 is 0 Å². The Bertz CT molecular complexity index is 310. The van der Waals surface area contributed by atoms with Crippen LogP contribution in [0.25, 0.3) is 0 Å².